The molecule has 0 saturated heterocycles. The van der Waals surface area contributed by atoms with E-state index in [0.29, 0.717) is 23.3 Å². The van der Waals surface area contributed by atoms with E-state index >= 15 is 0 Å². The number of anilines is 1. The molecular formula is C20H33N. The van der Waals surface area contributed by atoms with Crippen molar-refractivity contribution in [2.45, 2.75) is 85.1 Å². The van der Waals surface area contributed by atoms with E-state index in [4.69, 9.17) is 0 Å². The van der Waals surface area contributed by atoms with Crippen LogP contribution in [0, 0.1) is 5.41 Å². The van der Waals surface area contributed by atoms with Gasteiger partial charge in [-0.1, -0.05) is 53.7 Å². The third-order valence-electron chi connectivity index (χ3n) is 5.06. The van der Waals surface area contributed by atoms with E-state index in [9.17, 15) is 0 Å². The zero-order valence-electron chi connectivity index (χ0n) is 14.8. The van der Waals surface area contributed by atoms with E-state index in [1.165, 1.54) is 42.5 Å². The van der Waals surface area contributed by atoms with Gasteiger partial charge in [0.1, 0.15) is 0 Å². The van der Waals surface area contributed by atoms with Gasteiger partial charge in [-0.25, -0.2) is 0 Å². The molecule has 0 heterocycles. The van der Waals surface area contributed by atoms with Gasteiger partial charge in [-0.3, -0.25) is 0 Å². The van der Waals surface area contributed by atoms with Crippen molar-refractivity contribution in [1.82, 2.24) is 0 Å². The van der Waals surface area contributed by atoms with Crippen molar-refractivity contribution in [2.24, 2.45) is 5.41 Å². The summed E-state index contributed by atoms with van der Waals surface area (Å²) >= 11 is 0. The molecule has 0 radical (unpaired) electrons. The van der Waals surface area contributed by atoms with Gasteiger partial charge >= 0.3 is 0 Å². The van der Waals surface area contributed by atoms with Crippen LogP contribution in [0.5, 0.6) is 0 Å². The summed E-state index contributed by atoms with van der Waals surface area (Å²) in [6.07, 6.45) is 5.28. The third-order valence-corrected chi connectivity index (χ3v) is 5.06. The third kappa shape index (κ3) is 4.25. The van der Waals surface area contributed by atoms with Gasteiger partial charge in [-0.2, -0.15) is 0 Å². The molecule has 1 heteroatoms. The average Bonchev–Trinajstić information content (AvgIpc) is 2.41. The molecule has 2 rings (SSSR count). The van der Waals surface area contributed by atoms with Gasteiger partial charge in [0.2, 0.25) is 0 Å². The molecule has 0 aliphatic heterocycles. The molecule has 0 unspecified atom stereocenters. The van der Waals surface area contributed by atoms with Crippen LogP contribution in [0.4, 0.5) is 5.69 Å². The lowest BCUT2D eigenvalue weighted by atomic mass is 9.75. The Bertz CT molecular complexity index is 461. The summed E-state index contributed by atoms with van der Waals surface area (Å²) in [4.78, 5) is 0. The van der Waals surface area contributed by atoms with Crippen LogP contribution in [0.25, 0.3) is 0 Å². The van der Waals surface area contributed by atoms with E-state index in [0.717, 1.165) is 0 Å². The van der Waals surface area contributed by atoms with E-state index in [-0.39, 0.29) is 0 Å². The molecular weight excluding hydrogens is 254 g/mol. The second-order valence-corrected chi connectivity index (χ2v) is 8.24. The van der Waals surface area contributed by atoms with E-state index in [2.05, 4.69) is 65.1 Å². The highest BCUT2D eigenvalue weighted by Crippen LogP contribution is 2.37. The van der Waals surface area contributed by atoms with Crippen molar-refractivity contribution < 1.29 is 0 Å². The number of rotatable bonds is 4. The van der Waals surface area contributed by atoms with Crippen LogP contribution in [-0.2, 0) is 0 Å². The highest BCUT2D eigenvalue weighted by atomic mass is 14.9. The van der Waals surface area contributed by atoms with Gasteiger partial charge < -0.3 is 5.32 Å². The fourth-order valence-electron chi connectivity index (χ4n) is 3.31. The zero-order valence-corrected chi connectivity index (χ0v) is 14.8. The molecule has 1 N–H and O–H groups in total. The van der Waals surface area contributed by atoms with Gasteiger partial charge in [0.15, 0.2) is 0 Å². The molecule has 1 aromatic rings. The summed E-state index contributed by atoms with van der Waals surface area (Å²) < 4.78 is 0. The normalized spacial score (nSPS) is 19.2. The first kappa shape index (κ1) is 16.4. The average molecular weight is 287 g/mol. The van der Waals surface area contributed by atoms with Crippen molar-refractivity contribution >= 4 is 5.69 Å². The Balaban J connectivity index is 2.13. The largest absolute Gasteiger partial charge is 0.382 e. The Morgan fingerprint density at radius 1 is 1.00 bits per heavy atom. The minimum absolute atomic E-state index is 0.542. The molecule has 1 saturated carbocycles. The molecule has 21 heavy (non-hydrogen) atoms. The van der Waals surface area contributed by atoms with E-state index in [1.54, 1.807) is 0 Å². The minimum atomic E-state index is 0.542. The van der Waals surface area contributed by atoms with Crippen LogP contribution in [0.1, 0.15) is 90.2 Å². The Morgan fingerprint density at radius 2 is 1.62 bits per heavy atom. The maximum atomic E-state index is 3.83. The smallest absolute Gasteiger partial charge is 0.0377 e. The highest BCUT2D eigenvalue weighted by Gasteiger charge is 2.27. The van der Waals surface area contributed by atoms with Crippen molar-refractivity contribution in [1.29, 1.82) is 0 Å². The van der Waals surface area contributed by atoms with Crippen LogP contribution in [0.15, 0.2) is 18.2 Å². The van der Waals surface area contributed by atoms with Gasteiger partial charge in [0, 0.05) is 11.7 Å². The lowest BCUT2D eigenvalue weighted by molar-refractivity contribution is 0.232. The molecule has 0 amide bonds. The monoisotopic (exact) mass is 287 g/mol. The maximum Gasteiger partial charge on any atom is 0.0377 e. The standard InChI is InChI=1S/C20H33N/c1-14(2)16-7-8-19(18(13-16)15(3)4)21-17-9-11-20(5,6)12-10-17/h7-8,13-15,17,21H,9-12H2,1-6H3. The van der Waals surface area contributed by atoms with Crippen molar-refractivity contribution in [3.05, 3.63) is 29.3 Å². The molecule has 1 aliphatic carbocycles. The Kier molecular flexibility index (Phi) is 5.01. The van der Waals surface area contributed by atoms with Crippen molar-refractivity contribution in [2.75, 3.05) is 5.32 Å². The van der Waals surface area contributed by atoms with Gasteiger partial charge in [0.05, 0.1) is 0 Å². The van der Waals surface area contributed by atoms with Crippen molar-refractivity contribution in [3.63, 3.8) is 0 Å². The quantitative estimate of drug-likeness (QED) is 0.683. The van der Waals surface area contributed by atoms with Gasteiger partial charge in [-0.15, -0.1) is 0 Å². The summed E-state index contributed by atoms with van der Waals surface area (Å²) in [6.45, 7) is 14.0. The first-order valence-electron chi connectivity index (χ1n) is 8.69. The van der Waals surface area contributed by atoms with Crippen LogP contribution in [0.2, 0.25) is 0 Å². The van der Waals surface area contributed by atoms with Crippen LogP contribution in [-0.4, -0.2) is 6.04 Å². The lowest BCUT2D eigenvalue weighted by Crippen LogP contribution is -2.30. The van der Waals surface area contributed by atoms with Crippen molar-refractivity contribution in [3.8, 4) is 0 Å². The fraction of sp³-hybridized carbons (Fsp3) is 0.700. The Labute approximate surface area is 131 Å². The number of nitrogens with one attached hydrogen (secondary N) is 1. The number of hydrogen-bond acceptors (Lipinski definition) is 1. The second kappa shape index (κ2) is 6.42. The predicted molar refractivity (Wildman–Crippen MR) is 94.3 cm³/mol. The predicted octanol–water partition coefficient (Wildman–Crippen LogP) is 6.31. The first-order chi connectivity index (χ1) is 9.78. The number of hydrogen-bond donors (Lipinski definition) is 1. The molecule has 1 fully saturated rings. The second-order valence-electron chi connectivity index (χ2n) is 8.24. The summed E-state index contributed by atoms with van der Waals surface area (Å²) in [6, 6.07) is 7.67. The molecule has 0 bridgehead atoms. The number of benzene rings is 1. The molecule has 1 aromatic carbocycles. The molecule has 0 spiro atoms. The SMILES string of the molecule is CC(C)c1ccc(NC2CCC(C)(C)CC2)c(C(C)C)c1. The topological polar surface area (TPSA) is 12.0 Å². The molecule has 1 aliphatic rings. The minimum Gasteiger partial charge on any atom is -0.382 e. The Hall–Kier alpha value is -0.980. The zero-order chi connectivity index (χ0) is 15.6. The highest BCUT2D eigenvalue weighted by molar-refractivity contribution is 5.55. The van der Waals surface area contributed by atoms with Crippen LogP contribution < -0.4 is 5.32 Å². The first-order valence-corrected chi connectivity index (χ1v) is 8.69. The molecule has 118 valence electrons. The van der Waals surface area contributed by atoms with Crippen LogP contribution in [0.3, 0.4) is 0 Å². The maximum absolute atomic E-state index is 3.83. The summed E-state index contributed by atoms with van der Waals surface area (Å²) in [5.74, 6) is 1.18. The lowest BCUT2D eigenvalue weighted by Gasteiger charge is -2.35. The van der Waals surface area contributed by atoms with E-state index in [1.807, 2.05) is 0 Å². The van der Waals surface area contributed by atoms with Crippen LogP contribution >= 0.6 is 0 Å². The summed E-state index contributed by atoms with van der Waals surface area (Å²) in [5.41, 5.74) is 4.83. The van der Waals surface area contributed by atoms with E-state index < -0.39 is 0 Å². The fourth-order valence-corrected chi connectivity index (χ4v) is 3.31. The van der Waals surface area contributed by atoms with Gasteiger partial charge in [-0.05, 0) is 60.1 Å². The Morgan fingerprint density at radius 3 is 2.14 bits per heavy atom. The molecule has 0 aromatic heterocycles. The summed E-state index contributed by atoms with van der Waals surface area (Å²) in [5, 5.41) is 3.83. The molecule has 1 nitrogen and oxygen atoms in total. The summed E-state index contributed by atoms with van der Waals surface area (Å²) in [7, 11) is 0. The molecule has 0 atom stereocenters. The van der Waals surface area contributed by atoms with Gasteiger partial charge in [0.25, 0.3) is 0 Å².